The molecule has 0 unspecified atom stereocenters. The van der Waals surface area contributed by atoms with Crippen LogP contribution >= 0.6 is 23.1 Å². The summed E-state index contributed by atoms with van der Waals surface area (Å²) in [7, 11) is 0. The van der Waals surface area contributed by atoms with E-state index in [1.807, 2.05) is 79.7 Å². The molecule has 0 bridgehead atoms. The number of nitrogens with zero attached hydrogens (tertiary/aromatic N) is 3. The van der Waals surface area contributed by atoms with Crippen molar-refractivity contribution in [3.8, 4) is 16.9 Å². The lowest BCUT2D eigenvalue weighted by Gasteiger charge is -2.13. The number of para-hydroxylation sites is 2. The summed E-state index contributed by atoms with van der Waals surface area (Å²) < 4.78 is 1.56. The minimum atomic E-state index is -0.208. The molecule has 1 amide bonds. The summed E-state index contributed by atoms with van der Waals surface area (Å²) >= 11 is 2.66. The predicted octanol–water partition coefficient (Wildman–Crippen LogP) is 5.55. The van der Waals surface area contributed by atoms with Gasteiger partial charge < -0.3 is 5.32 Å². The van der Waals surface area contributed by atoms with Gasteiger partial charge in [-0.25, -0.2) is 9.97 Å². The number of rotatable bonds is 6. The van der Waals surface area contributed by atoms with Crippen molar-refractivity contribution in [3.63, 3.8) is 0 Å². The Balaban J connectivity index is 1.39. The van der Waals surface area contributed by atoms with Gasteiger partial charge in [-0.3, -0.25) is 14.2 Å². The monoisotopic (exact) mass is 484 g/mol. The Bertz CT molecular complexity index is 1530. The van der Waals surface area contributed by atoms with Crippen molar-refractivity contribution in [3.05, 3.63) is 100 Å². The SMILES string of the molecule is Cc1sc(NC(=O)CSc2nc3ccccc3c(=O)n2-c2ccccc2)nc1-c1ccccc1. The highest BCUT2D eigenvalue weighted by Gasteiger charge is 2.16. The molecule has 0 spiro atoms. The van der Waals surface area contributed by atoms with E-state index in [0.29, 0.717) is 26.9 Å². The van der Waals surface area contributed by atoms with Gasteiger partial charge in [-0.2, -0.15) is 0 Å². The van der Waals surface area contributed by atoms with Crippen LogP contribution in [-0.2, 0) is 4.79 Å². The summed E-state index contributed by atoms with van der Waals surface area (Å²) in [6.07, 6.45) is 0. The number of hydrogen-bond donors (Lipinski definition) is 1. The lowest BCUT2D eigenvalue weighted by atomic mass is 10.1. The van der Waals surface area contributed by atoms with Crippen LogP contribution in [0.2, 0.25) is 0 Å². The van der Waals surface area contributed by atoms with E-state index in [1.54, 1.807) is 16.7 Å². The van der Waals surface area contributed by atoms with Crippen molar-refractivity contribution in [2.45, 2.75) is 12.1 Å². The van der Waals surface area contributed by atoms with E-state index in [9.17, 15) is 9.59 Å². The molecule has 0 aliphatic rings. The molecule has 0 radical (unpaired) electrons. The number of aryl methyl sites for hydroxylation is 1. The summed E-state index contributed by atoms with van der Waals surface area (Å²) in [4.78, 5) is 36.3. The van der Waals surface area contributed by atoms with E-state index < -0.39 is 0 Å². The Morgan fingerprint density at radius 2 is 1.62 bits per heavy atom. The molecule has 168 valence electrons. The Hall–Kier alpha value is -3.75. The molecule has 8 heteroatoms. The molecule has 0 aliphatic heterocycles. The van der Waals surface area contributed by atoms with Crippen LogP contribution in [0.4, 0.5) is 5.13 Å². The second-order valence-corrected chi connectivity index (χ2v) is 9.66. The van der Waals surface area contributed by atoms with Crippen LogP contribution in [0.25, 0.3) is 27.8 Å². The number of anilines is 1. The maximum absolute atomic E-state index is 13.3. The number of thiazole rings is 1. The van der Waals surface area contributed by atoms with Crippen LogP contribution < -0.4 is 10.9 Å². The molecular formula is C26H20N4O2S2. The predicted molar refractivity (Wildman–Crippen MR) is 139 cm³/mol. The minimum Gasteiger partial charge on any atom is -0.301 e. The van der Waals surface area contributed by atoms with Gasteiger partial charge in [0, 0.05) is 10.4 Å². The van der Waals surface area contributed by atoms with E-state index >= 15 is 0 Å². The van der Waals surface area contributed by atoms with Gasteiger partial charge in [0.2, 0.25) is 5.91 Å². The summed E-state index contributed by atoms with van der Waals surface area (Å²) in [6.45, 7) is 1.99. The van der Waals surface area contributed by atoms with E-state index in [0.717, 1.165) is 16.1 Å². The number of thioether (sulfide) groups is 1. The van der Waals surface area contributed by atoms with Gasteiger partial charge in [0.05, 0.1) is 28.0 Å². The van der Waals surface area contributed by atoms with E-state index in [4.69, 9.17) is 0 Å². The second-order valence-electron chi connectivity index (χ2n) is 7.51. The molecule has 0 aliphatic carbocycles. The highest BCUT2D eigenvalue weighted by atomic mass is 32.2. The fourth-order valence-electron chi connectivity index (χ4n) is 3.61. The van der Waals surface area contributed by atoms with Gasteiger partial charge in [-0.05, 0) is 31.2 Å². The molecule has 0 fully saturated rings. The topological polar surface area (TPSA) is 76.9 Å². The molecule has 3 aromatic carbocycles. The number of hydrogen-bond acceptors (Lipinski definition) is 6. The molecule has 2 heterocycles. The maximum atomic E-state index is 13.3. The smallest absolute Gasteiger partial charge is 0.266 e. The van der Waals surface area contributed by atoms with E-state index in [-0.39, 0.29) is 17.2 Å². The summed E-state index contributed by atoms with van der Waals surface area (Å²) in [6, 6.07) is 26.5. The minimum absolute atomic E-state index is 0.0942. The maximum Gasteiger partial charge on any atom is 0.266 e. The number of nitrogens with one attached hydrogen (secondary N) is 1. The van der Waals surface area contributed by atoms with Crippen LogP contribution in [0, 0.1) is 6.92 Å². The molecule has 2 aromatic heterocycles. The number of aromatic nitrogens is 3. The van der Waals surface area contributed by atoms with E-state index in [1.165, 1.54) is 23.1 Å². The largest absolute Gasteiger partial charge is 0.301 e. The van der Waals surface area contributed by atoms with E-state index in [2.05, 4.69) is 15.3 Å². The normalized spacial score (nSPS) is 11.0. The standard InChI is InChI=1S/C26H20N4O2S2/c1-17-23(18-10-4-2-5-11-18)29-25(34-17)28-22(31)16-33-26-27-21-15-9-8-14-20(21)24(32)30(26)19-12-6-3-7-13-19/h2-15H,16H2,1H3,(H,28,29,31). The Kier molecular flexibility index (Phi) is 6.24. The Morgan fingerprint density at radius 3 is 2.38 bits per heavy atom. The average Bonchev–Trinajstić information content (AvgIpc) is 3.23. The van der Waals surface area contributed by atoms with Crippen LogP contribution in [0.5, 0.6) is 0 Å². The number of amides is 1. The van der Waals surface area contributed by atoms with Gasteiger partial charge >= 0.3 is 0 Å². The van der Waals surface area contributed by atoms with Gasteiger partial charge in [0.1, 0.15) is 0 Å². The van der Waals surface area contributed by atoms with Crippen LogP contribution in [0.15, 0.2) is 94.9 Å². The van der Waals surface area contributed by atoms with Crippen LogP contribution in [0.1, 0.15) is 4.88 Å². The van der Waals surface area contributed by atoms with Crippen molar-refractivity contribution in [1.29, 1.82) is 0 Å². The zero-order chi connectivity index (χ0) is 23.5. The third kappa shape index (κ3) is 4.50. The van der Waals surface area contributed by atoms with Crippen molar-refractivity contribution in [1.82, 2.24) is 14.5 Å². The van der Waals surface area contributed by atoms with Gasteiger partial charge in [0.15, 0.2) is 10.3 Å². The average molecular weight is 485 g/mol. The lowest BCUT2D eigenvalue weighted by molar-refractivity contribution is -0.113. The zero-order valence-electron chi connectivity index (χ0n) is 18.3. The number of carbonyl (C=O) groups excluding carboxylic acids is 1. The first-order valence-corrected chi connectivity index (χ1v) is 12.4. The van der Waals surface area contributed by atoms with Crippen LogP contribution in [0.3, 0.4) is 0 Å². The highest BCUT2D eigenvalue weighted by Crippen LogP contribution is 2.30. The third-order valence-electron chi connectivity index (χ3n) is 5.18. The molecule has 0 saturated heterocycles. The Labute approximate surface area is 204 Å². The summed E-state index contributed by atoms with van der Waals surface area (Å²) in [5, 5.41) is 4.43. The van der Waals surface area contributed by atoms with Gasteiger partial charge in [0.25, 0.3) is 5.56 Å². The number of carbonyl (C=O) groups is 1. The van der Waals surface area contributed by atoms with Crippen molar-refractivity contribution in [2.24, 2.45) is 0 Å². The Morgan fingerprint density at radius 1 is 0.941 bits per heavy atom. The molecule has 1 N–H and O–H groups in total. The van der Waals surface area contributed by atoms with Crippen molar-refractivity contribution >= 4 is 45.0 Å². The quantitative estimate of drug-likeness (QED) is 0.253. The molecule has 5 rings (SSSR count). The second kappa shape index (κ2) is 9.62. The number of benzene rings is 3. The summed E-state index contributed by atoms with van der Waals surface area (Å²) in [5.74, 6) is -0.114. The first kappa shape index (κ1) is 22.1. The molecule has 34 heavy (non-hydrogen) atoms. The first-order valence-electron chi connectivity index (χ1n) is 10.6. The van der Waals surface area contributed by atoms with Gasteiger partial charge in [-0.15, -0.1) is 11.3 Å². The molecule has 6 nitrogen and oxygen atoms in total. The van der Waals surface area contributed by atoms with Crippen LogP contribution in [-0.4, -0.2) is 26.2 Å². The molecular weight excluding hydrogens is 464 g/mol. The molecule has 0 atom stereocenters. The summed E-state index contributed by atoms with van der Waals surface area (Å²) in [5.41, 5.74) is 3.02. The van der Waals surface area contributed by atoms with Gasteiger partial charge in [-0.1, -0.05) is 72.4 Å². The number of fused-ring (bicyclic) bond motifs is 1. The lowest BCUT2D eigenvalue weighted by Crippen LogP contribution is -2.22. The van der Waals surface area contributed by atoms with Crippen molar-refractivity contribution in [2.75, 3.05) is 11.1 Å². The third-order valence-corrected chi connectivity index (χ3v) is 7.01. The highest BCUT2D eigenvalue weighted by molar-refractivity contribution is 7.99. The van der Waals surface area contributed by atoms with Crippen molar-refractivity contribution < 1.29 is 4.79 Å². The fraction of sp³-hybridized carbons (Fsp3) is 0.0769. The fourth-order valence-corrected chi connectivity index (χ4v) is 5.28. The molecule has 0 saturated carbocycles. The first-order chi connectivity index (χ1) is 16.6. The molecule has 5 aromatic rings. The zero-order valence-corrected chi connectivity index (χ0v) is 19.9.